The van der Waals surface area contributed by atoms with Crippen molar-refractivity contribution in [3.05, 3.63) is 34.9 Å². The zero-order valence-electron chi connectivity index (χ0n) is 11.2. The second kappa shape index (κ2) is 4.90. The number of benzene rings is 1. The van der Waals surface area contributed by atoms with E-state index in [9.17, 15) is 0 Å². The fourth-order valence-electron chi connectivity index (χ4n) is 3.37. The Hall–Kier alpha value is -0.770. The van der Waals surface area contributed by atoms with Crippen LogP contribution >= 0.6 is 24.0 Å². The van der Waals surface area contributed by atoms with Crippen molar-refractivity contribution in [2.75, 3.05) is 13.1 Å². The highest BCUT2D eigenvalue weighted by Gasteiger charge is 2.55. The van der Waals surface area contributed by atoms with Crippen LogP contribution in [0.2, 0.25) is 5.02 Å². The van der Waals surface area contributed by atoms with Crippen LogP contribution in [0.15, 0.2) is 29.4 Å². The molecule has 1 atom stereocenters. The third-order valence-corrected chi connectivity index (χ3v) is 4.99. The van der Waals surface area contributed by atoms with Gasteiger partial charge < -0.3 is 10.2 Å². The molecule has 0 radical (unpaired) electrons. The Kier molecular flexibility index (Phi) is 3.47. The standard InChI is InChI=1S/C15H17ClN2O.ClH/c16-12-3-1-11(2-4-12)15(5-6-15)13-9-14(19-18-13)7-8-17-10-14;/h1-4,17H,5-10H2;1H. The lowest BCUT2D eigenvalue weighted by Crippen LogP contribution is -2.33. The van der Waals surface area contributed by atoms with Crippen LogP contribution in [0.1, 0.15) is 31.2 Å². The molecular weight excluding hydrogens is 295 g/mol. The number of oxime groups is 1. The maximum Gasteiger partial charge on any atom is 0.156 e. The normalized spacial score (nSPS) is 29.8. The average molecular weight is 313 g/mol. The number of nitrogens with one attached hydrogen (secondary N) is 1. The predicted molar refractivity (Wildman–Crippen MR) is 83.0 cm³/mol. The van der Waals surface area contributed by atoms with Crippen LogP contribution in [0.4, 0.5) is 0 Å². The summed E-state index contributed by atoms with van der Waals surface area (Å²) in [4.78, 5) is 5.78. The summed E-state index contributed by atoms with van der Waals surface area (Å²) in [7, 11) is 0. The van der Waals surface area contributed by atoms with Gasteiger partial charge in [-0.25, -0.2) is 0 Å². The molecule has 1 aromatic rings. The molecule has 1 aromatic carbocycles. The van der Waals surface area contributed by atoms with E-state index in [0.29, 0.717) is 0 Å². The molecule has 3 nitrogen and oxygen atoms in total. The van der Waals surface area contributed by atoms with Crippen LogP contribution in [0.3, 0.4) is 0 Å². The van der Waals surface area contributed by atoms with Crippen molar-refractivity contribution in [3.63, 3.8) is 0 Å². The largest absolute Gasteiger partial charge is 0.387 e. The van der Waals surface area contributed by atoms with Crippen LogP contribution in [0.5, 0.6) is 0 Å². The van der Waals surface area contributed by atoms with Crippen molar-refractivity contribution in [1.29, 1.82) is 0 Å². The highest BCUT2D eigenvalue weighted by atomic mass is 35.5. The summed E-state index contributed by atoms with van der Waals surface area (Å²) >= 11 is 5.98. The maximum atomic E-state index is 5.98. The lowest BCUT2D eigenvalue weighted by molar-refractivity contribution is -0.00190. The molecule has 1 N–H and O–H groups in total. The first-order valence-electron chi connectivity index (χ1n) is 6.95. The smallest absolute Gasteiger partial charge is 0.156 e. The van der Waals surface area contributed by atoms with Gasteiger partial charge in [0.2, 0.25) is 0 Å². The van der Waals surface area contributed by atoms with Crippen molar-refractivity contribution in [3.8, 4) is 0 Å². The van der Waals surface area contributed by atoms with Gasteiger partial charge in [0.1, 0.15) is 0 Å². The Morgan fingerprint density at radius 3 is 2.50 bits per heavy atom. The topological polar surface area (TPSA) is 33.6 Å². The molecule has 2 heterocycles. The average Bonchev–Trinajstić information content (AvgIpc) is 2.93. The molecule has 3 aliphatic rings. The monoisotopic (exact) mass is 312 g/mol. The van der Waals surface area contributed by atoms with E-state index >= 15 is 0 Å². The maximum absolute atomic E-state index is 5.98. The highest BCUT2D eigenvalue weighted by Crippen LogP contribution is 2.53. The summed E-state index contributed by atoms with van der Waals surface area (Å²) < 4.78 is 0. The fraction of sp³-hybridized carbons (Fsp3) is 0.533. The summed E-state index contributed by atoms with van der Waals surface area (Å²) in [6.07, 6.45) is 4.40. The molecule has 0 aromatic heterocycles. The van der Waals surface area contributed by atoms with Gasteiger partial charge in [0, 0.05) is 29.8 Å². The summed E-state index contributed by atoms with van der Waals surface area (Å²) in [5, 5.41) is 8.62. The van der Waals surface area contributed by atoms with E-state index in [4.69, 9.17) is 16.4 Å². The molecule has 2 fully saturated rings. The van der Waals surface area contributed by atoms with Gasteiger partial charge in [-0.15, -0.1) is 12.4 Å². The van der Waals surface area contributed by atoms with Crippen LogP contribution in [0.25, 0.3) is 0 Å². The Morgan fingerprint density at radius 2 is 1.90 bits per heavy atom. The fourth-order valence-corrected chi connectivity index (χ4v) is 3.49. The molecule has 1 spiro atoms. The van der Waals surface area contributed by atoms with Gasteiger partial charge >= 0.3 is 0 Å². The van der Waals surface area contributed by atoms with Gasteiger partial charge in [-0.3, -0.25) is 0 Å². The summed E-state index contributed by atoms with van der Waals surface area (Å²) in [5.74, 6) is 0. The third kappa shape index (κ3) is 2.12. The van der Waals surface area contributed by atoms with E-state index in [2.05, 4.69) is 22.6 Å². The first kappa shape index (κ1) is 14.2. The molecule has 0 bridgehead atoms. The Balaban J connectivity index is 0.00000121. The molecule has 0 amide bonds. The molecule has 108 valence electrons. The van der Waals surface area contributed by atoms with Gasteiger partial charge in [-0.1, -0.05) is 28.9 Å². The minimum atomic E-state index is -0.0582. The Morgan fingerprint density at radius 1 is 1.15 bits per heavy atom. The molecule has 1 unspecified atom stereocenters. The zero-order chi connectivity index (χ0) is 12.9. The van der Waals surface area contributed by atoms with E-state index in [1.165, 1.54) is 24.1 Å². The quantitative estimate of drug-likeness (QED) is 0.909. The minimum absolute atomic E-state index is 0. The molecular formula is C15H18Cl2N2O. The number of rotatable bonds is 2. The number of hydrogen-bond acceptors (Lipinski definition) is 3. The molecule has 1 saturated heterocycles. The summed E-state index contributed by atoms with van der Waals surface area (Å²) in [6, 6.07) is 8.21. The third-order valence-electron chi connectivity index (χ3n) is 4.74. The SMILES string of the molecule is Cl.Clc1ccc(C2(C3=NOC4(CCNC4)C3)CC2)cc1. The van der Waals surface area contributed by atoms with Crippen molar-refractivity contribution < 1.29 is 4.84 Å². The van der Waals surface area contributed by atoms with E-state index in [1.54, 1.807) is 0 Å². The van der Waals surface area contributed by atoms with Crippen LogP contribution < -0.4 is 5.32 Å². The predicted octanol–water partition coefficient (Wildman–Crippen LogP) is 3.30. The number of halogens is 2. The molecule has 5 heteroatoms. The van der Waals surface area contributed by atoms with Crippen molar-refractivity contribution in [2.24, 2.45) is 5.16 Å². The molecule has 2 aliphatic heterocycles. The van der Waals surface area contributed by atoms with Gasteiger partial charge in [0.25, 0.3) is 0 Å². The summed E-state index contributed by atoms with van der Waals surface area (Å²) in [6.45, 7) is 1.97. The minimum Gasteiger partial charge on any atom is -0.387 e. The molecule has 1 aliphatic carbocycles. The molecule has 20 heavy (non-hydrogen) atoms. The second-order valence-corrected chi connectivity index (χ2v) is 6.44. The van der Waals surface area contributed by atoms with Crippen LogP contribution in [-0.2, 0) is 10.3 Å². The molecule has 1 saturated carbocycles. The lowest BCUT2D eigenvalue weighted by atomic mass is 9.84. The van der Waals surface area contributed by atoms with Gasteiger partial charge in [0.15, 0.2) is 5.60 Å². The van der Waals surface area contributed by atoms with E-state index in [1.807, 2.05) is 12.1 Å². The van der Waals surface area contributed by atoms with Gasteiger partial charge in [0.05, 0.1) is 5.71 Å². The molecule has 4 rings (SSSR count). The first-order chi connectivity index (χ1) is 9.23. The highest BCUT2D eigenvalue weighted by molar-refractivity contribution is 6.30. The zero-order valence-corrected chi connectivity index (χ0v) is 12.8. The number of hydrogen-bond donors (Lipinski definition) is 1. The van der Waals surface area contributed by atoms with Crippen molar-refractivity contribution >= 4 is 29.7 Å². The Labute approximate surface area is 130 Å². The van der Waals surface area contributed by atoms with Crippen molar-refractivity contribution in [2.45, 2.75) is 36.7 Å². The van der Waals surface area contributed by atoms with Crippen LogP contribution in [0, 0.1) is 0 Å². The number of nitrogens with zero attached hydrogens (tertiary/aromatic N) is 1. The van der Waals surface area contributed by atoms with Crippen LogP contribution in [-0.4, -0.2) is 24.4 Å². The lowest BCUT2D eigenvalue weighted by Gasteiger charge is -2.20. The first-order valence-corrected chi connectivity index (χ1v) is 7.33. The van der Waals surface area contributed by atoms with E-state index in [0.717, 1.165) is 31.0 Å². The van der Waals surface area contributed by atoms with E-state index < -0.39 is 0 Å². The van der Waals surface area contributed by atoms with Gasteiger partial charge in [-0.2, -0.15) is 0 Å². The summed E-state index contributed by atoms with van der Waals surface area (Å²) in [5.41, 5.74) is 2.65. The van der Waals surface area contributed by atoms with Gasteiger partial charge in [-0.05, 0) is 37.1 Å². The second-order valence-electron chi connectivity index (χ2n) is 6.00. The van der Waals surface area contributed by atoms with Crippen molar-refractivity contribution in [1.82, 2.24) is 5.32 Å². The van der Waals surface area contributed by atoms with E-state index in [-0.39, 0.29) is 23.4 Å². The Bertz CT molecular complexity index is 531.